The minimum absolute atomic E-state index is 0. The van der Waals surface area contributed by atoms with Crippen LogP contribution in [0.15, 0.2) is 42.5 Å². The van der Waals surface area contributed by atoms with Crippen LogP contribution in [0, 0.1) is 0 Å². The van der Waals surface area contributed by atoms with Crippen molar-refractivity contribution in [3.8, 4) is 0 Å². The topological polar surface area (TPSA) is 128 Å². The van der Waals surface area contributed by atoms with E-state index in [-0.39, 0.29) is 61.2 Å². The summed E-state index contributed by atoms with van der Waals surface area (Å²) in [6.07, 6.45) is 0.134. The molecule has 1 saturated heterocycles. The van der Waals surface area contributed by atoms with Crippen LogP contribution >= 0.6 is 24.8 Å². The number of benzene rings is 2. The molecular weight excluding hydrogens is 497 g/mol. The molecule has 0 aliphatic carbocycles. The van der Waals surface area contributed by atoms with Gasteiger partial charge in [-0.05, 0) is 30.7 Å². The lowest BCUT2D eigenvalue weighted by Gasteiger charge is -2.30. The molecule has 5 amide bonds. The molecule has 0 radical (unpaired) electrons. The molecule has 0 saturated carbocycles. The maximum atomic E-state index is 13.2. The fourth-order valence-electron chi connectivity index (χ4n) is 4.47. The molecule has 35 heavy (non-hydrogen) atoms. The first-order valence-corrected chi connectivity index (χ1v) is 10.7. The largest absolute Gasteiger partial charge is 0.382 e. The third-order valence-corrected chi connectivity index (χ3v) is 6.04. The summed E-state index contributed by atoms with van der Waals surface area (Å²) in [6, 6.07) is 11.2. The van der Waals surface area contributed by atoms with Crippen molar-refractivity contribution in [3.63, 3.8) is 0 Å². The third kappa shape index (κ3) is 4.54. The zero-order valence-electron chi connectivity index (χ0n) is 18.4. The summed E-state index contributed by atoms with van der Waals surface area (Å²) in [5.41, 5.74) is 2.29. The van der Waals surface area contributed by atoms with Gasteiger partial charge in [-0.3, -0.25) is 34.2 Å². The zero-order chi connectivity index (χ0) is 23.1. The fraction of sp³-hybridized carbons (Fsp3) is 0.261. The van der Waals surface area contributed by atoms with E-state index >= 15 is 0 Å². The van der Waals surface area contributed by atoms with E-state index in [1.54, 1.807) is 17.0 Å². The molecule has 0 aromatic heterocycles. The molecule has 1 atom stereocenters. The second-order valence-electron chi connectivity index (χ2n) is 8.02. The number of imide groups is 2. The average molecular weight is 520 g/mol. The fourth-order valence-corrected chi connectivity index (χ4v) is 4.47. The molecule has 12 heteroatoms. The lowest BCUT2D eigenvalue weighted by molar-refractivity contribution is -0.136. The Bertz CT molecular complexity index is 1220. The Morgan fingerprint density at radius 1 is 1.00 bits per heavy atom. The van der Waals surface area contributed by atoms with Gasteiger partial charge in [-0.1, -0.05) is 18.2 Å². The minimum Gasteiger partial charge on any atom is -0.382 e. The number of carbonyl (C=O) groups excluding carboxylic acids is 5. The number of hydrogen-bond acceptors (Lipinski definition) is 7. The molecule has 3 heterocycles. The molecule has 5 rings (SSSR count). The van der Waals surface area contributed by atoms with Crippen molar-refractivity contribution in [2.24, 2.45) is 0 Å². The van der Waals surface area contributed by atoms with Crippen molar-refractivity contribution < 1.29 is 24.0 Å². The molecule has 3 N–H and O–H groups in total. The van der Waals surface area contributed by atoms with Crippen LogP contribution in [0.5, 0.6) is 0 Å². The molecule has 3 aliphatic heterocycles. The molecule has 184 valence electrons. The summed E-state index contributed by atoms with van der Waals surface area (Å²) < 4.78 is 0. The summed E-state index contributed by atoms with van der Waals surface area (Å²) in [5, 5.41) is 8.43. The van der Waals surface area contributed by atoms with Gasteiger partial charge in [0.05, 0.1) is 29.0 Å². The number of hydrogen-bond donors (Lipinski definition) is 3. The van der Waals surface area contributed by atoms with Gasteiger partial charge in [0.2, 0.25) is 17.7 Å². The SMILES string of the molecule is Cl.Cl.O=C1CCC(N2C(=O)c3cccc(NCC(=O)N4CCNc5ccccc54)c3C2=O)C(=O)N1. The second kappa shape index (κ2) is 10.3. The van der Waals surface area contributed by atoms with Crippen LogP contribution in [-0.4, -0.2) is 60.1 Å². The van der Waals surface area contributed by atoms with Gasteiger partial charge in [-0.25, -0.2) is 0 Å². The maximum Gasteiger partial charge on any atom is 0.264 e. The Balaban J connectivity index is 0.00000171. The number of anilines is 3. The normalized spacial score (nSPS) is 18.5. The first kappa shape index (κ1) is 26.0. The van der Waals surface area contributed by atoms with Gasteiger partial charge in [0.1, 0.15) is 6.04 Å². The van der Waals surface area contributed by atoms with Gasteiger partial charge in [-0.2, -0.15) is 0 Å². The molecule has 0 bridgehead atoms. The van der Waals surface area contributed by atoms with Crippen molar-refractivity contribution >= 4 is 71.4 Å². The molecule has 2 aromatic rings. The predicted octanol–water partition coefficient (Wildman–Crippen LogP) is 1.80. The standard InChI is InChI=1S/C23H21N5O5.2ClH/c29-18-9-8-17(21(31)26-18)28-22(32)13-4-3-6-15(20(13)23(28)33)25-12-19(30)27-11-10-24-14-5-1-2-7-16(14)27;;/h1-7,17,24-25H,8-12H2,(H,26,29,31);2*1H. The summed E-state index contributed by atoms with van der Waals surface area (Å²) in [4.78, 5) is 65.4. The smallest absolute Gasteiger partial charge is 0.264 e. The summed E-state index contributed by atoms with van der Waals surface area (Å²) in [7, 11) is 0. The van der Waals surface area contributed by atoms with E-state index in [4.69, 9.17) is 0 Å². The number of amides is 5. The Morgan fingerprint density at radius 3 is 2.54 bits per heavy atom. The molecule has 1 fully saturated rings. The van der Waals surface area contributed by atoms with Crippen LogP contribution in [0.4, 0.5) is 17.1 Å². The van der Waals surface area contributed by atoms with Crippen LogP contribution in [0.1, 0.15) is 33.6 Å². The summed E-state index contributed by atoms with van der Waals surface area (Å²) in [5.74, 6) is -2.48. The molecule has 10 nitrogen and oxygen atoms in total. The zero-order valence-corrected chi connectivity index (χ0v) is 20.0. The van der Waals surface area contributed by atoms with E-state index in [9.17, 15) is 24.0 Å². The van der Waals surface area contributed by atoms with Gasteiger partial charge in [0, 0.05) is 25.2 Å². The Labute approximate surface area is 213 Å². The quantitative estimate of drug-likeness (QED) is 0.525. The Hall–Kier alpha value is -3.63. The van der Waals surface area contributed by atoms with Gasteiger partial charge in [-0.15, -0.1) is 24.8 Å². The van der Waals surface area contributed by atoms with E-state index in [1.165, 1.54) is 6.07 Å². The maximum absolute atomic E-state index is 13.2. The predicted molar refractivity (Wildman–Crippen MR) is 133 cm³/mol. The van der Waals surface area contributed by atoms with Gasteiger partial charge in [0.25, 0.3) is 11.8 Å². The summed E-state index contributed by atoms with van der Waals surface area (Å²) >= 11 is 0. The molecule has 2 aromatic carbocycles. The third-order valence-electron chi connectivity index (χ3n) is 6.04. The monoisotopic (exact) mass is 519 g/mol. The van der Waals surface area contributed by atoms with Crippen LogP contribution in [-0.2, 0) is 14.4 Å². The average Bonchev–Trinajstić information content (AvgIpc) is 3.08. The lowest BCUT2D eigenvalue weighted by Crippen LogP contribution is -2.54. The highest BCUT2D eigenvalue weighted by molar-refractivity contribution is 6.25. The number of carbonyl (C=O) groups is 5. The van der Waals surface area contributed by atoms with Crippen LogP contribution < -0.4 is 20.9 Å². The van der Waals surface area contributed by atoms with Crippen molar-refractivity contribution in [1.29, 1.82) is 0 Å². The van der Waals surface area contributed by atoms with Crippen LogP contribution in [0.25, 0.3) is 0 Å². The van der Waals surface area contributed by atoms with E-state index < -0.39 is 29.7 Å². The first-order chi connectivity index (χ1) is 16.0. The van der Waals surface area contributed by atoms with Crippen molar-refractivity contribution in [1.82, 2.24) is 10.2 Å². The van der Waals surface area contributed by atoms with E-state index in [1.807, 2.05) is 24.3 Å². The van der Waals surface area contributed by atoms with Gasteiger partial charge in [0.15, 0.2) is 0 Å². The van der Waals surface area contributed by atoms with Crippen LogP contribution in [0.3, 0.4) is 0 Å². The number of fused-ring (bicyclic) bond motifs is 2. The molecular formula is C23H23Cl2N5O5. The highest BCUT2D eigenvalue weighted by Gasteiger charge is 2.45. The minimum atomic E-state index is -1.04. The molecule has 1 unspecified atom stereocenters. The highest BCUT2D eigenvalue weighted by atomic mass is 35.5. The number of piperidine rings is 1. The highest BCUT2D eigenvalue weighted by Crippen LogP contribution is 2.33. The second-order valence-corrected chi connectivity index (χ2v) is 8.02. The number of rotatable bonds is 4. The summed E-state index contributed by atoms with van der Waals surface area (Å²) in [6.45, 7) is 1.05. The Kier molecular flexibility index (Phi) is 7.67. The van der Waals surface area contributed by atoms with Crippen molar-refractivity contribution in [2.75, 3.05) is 35.2 Å². The molecule has 3 aliphatic rings. The number of nitrogens with one attached hydrogen (secondary N) is 3. The van der Waals surface area contributed by atoms with E-state index in [0.717, 1.165) is 16.3 Å². The number of nitrogens with zero attached hydrogens (tertiary/aromatic N) is 2. The number of para-hydroxylation sites is 2. The van der Waals surface area contributed by atoms with Gasteiger partial charge < -0.3 is 15.5 Å². The van der Waals surface area contributed by atoms with Gasteiger partial charge >= 0.3 is 0 Å². The van der Waals surface area contributed by atoms with E-state index in [2.05, 4.69) is 16.0 Å². The Morgan fingerprint density at radius 2 is 1.77 bits per heavy atom. The van der Waals surface area contributed by atoms with Crippen molar-refractivity contribution in [3.05, 3.63) is 53.6 Å². The first-order valence-electron chi connectivity index (χ1n) is 10.7. The van der Waals surface area contributed by atoms with E-state index in [0.29, 0.717) is 18.8 Å². The van der Waals surface area contributed by atoms with Crippen molar-refractivity contribution in [2.45, 2.75) is 18.9 Å². The molecule has 0 spiro atoms. The lowest BCUT2D eigenvalue weighted by atomic mass is 10.0. The van der Waals surface area contributed by atoms with Crippen LogP contribution in [0.2, 0.25) is 0 Å². The number of halogens is 2.